The van der Waals surface area contributed by atoms with Crippen LogP contribution >= 0.6 is 11.3 Å². The van der Waals surface area contributed by atoms with Crippen molar-refractivity contribution >= 4 is 23.2 Å². The number of urea groups is 1. The number of hydrogen-bond donors (Lipinski definition) is 1. The van der Waals surface area contributed by atoms with E-state index in [-0.39, 0.29) is 12.1 Å². The zero-order valence-electron chi connectivity index (χ0n) is 14.5. The molecule has 2 amide bonds. The summed E-state index contributed by atoms with van der Waals surface area (Å²) in [6.07, 6.45) is 3.66. The highest BCUT2D eigenvalue weighted by atomic mass is 32.1. The van der Waals surface area contributed by atoms with Crippen molar-refractivity contribution in [2.45, 2.75) is 32.4 Å². The summed E-state index contributed by atoms with van der Waals surface area (Å²) < 4.78 is 0. The van der Waals surface area contributed by atoms with Gasteiger partial charge in [0.1, 0.15) is 5.82 Å². The minimum absolute atomic E-state index is 0.00672. The standard InChI is InChI=1S/C18H24N4OS/c1-4-15-14-8-11-24-16(14)7-10-22(15)18(23)20-12-13-6-5-9-19-17(13)21(2)3/h5-6,8-9,11,15H,4,7,10,12H2,1-3H3,(H,20,23)/t15-/m0/s1. The summed E-state index contributed by atoms with van der Waals surface area (Å²) in [6, 6.07) is 6.27. The van der Waals surface area contributed by atoms with Crippen LogP contribution < -0.4 is 10.2 Å². The third kappa shape index (κ3) is 3.24. The molecule has 3 rings (SSSR count). The zero-order valence-corrected chi connectivity index (χ0v) is 15.3. The lowest BCUT2D eigenvalue weighted by Gasteiger charge is -2.35. The minimum Gasteiger partial charge on any atom is -0.362 e. The molecule has 0 radical (unpaired) electrons. The Hall–Kier alpha value is -2.08. The van der Waals surface area contributed by atoms with Gasteiger partial charge in [-0.25, -0.2) is 9.78 Å². The third-order valence-corrected chi connectivity index (χ3v) is 5.46. The predicted octanol–water partition coefficient (Wildman–Crippen LogP) is 3.43. The van der Waals surface area contributed by atoms with Crippen molar-refractivity contribution in [3.05, 3.63) is 45.8 Å². The van der Waals surface area contributed by atoms with Crippen molar-refractivity contribution in [2.24, 2.45) is 0 Å². The fourth-order valence-corrected chi connectivity index (χ4v) is 4.25. The van der Waals surface area contributed by atoms with Gasteiger partial charge in [-0.05, 0) is 35.9 Å². The fraction of sp³-hybridized carbons (Fsp3) is 0.444. The average Bonchev–Trinajstić information content (AvgIpc) is 3.07. The normalized spacial score (nSPS) is 16.6. The van der Waals surface area contributed by atoms with Gasteiger partial charge in [0.15, 0.2) is 0 Å². The second kappa shape index (κ2) is 7.21. The molecular formula is C18H24N4OS. The largest absolute Gasteiger partial charge is 0.362 e. The number of pyridine rings is 1. The second-order valence-corrected chi connectivity index (χ2v) is 7.21. The van der Waals surface area contributed by atoms with Crippen molar-refractivity contribution in [3.8, 4) is 0 Å². The molecule has 128 valence electrons. The molecule has 1 atom stereocenters. The summed E-state index contributed by atoms with van der Waals surface area (Å²) in [7, 11) is 3.92. The third-order valence-electron chi connectivity index (χ3n) is 4.46. The van der Waals surface area contributed by atoms with Crippen LogP contribution in [0, 0.1) is 0 Å². The van der Waals surface area contributed by atoms with E-state index in [0.29, 0.717) is 6.54 Å². The lowest BCUT2D eigenvalue weighted by molar-refractivity contribution is 0.167. The molecule has 0 bridgehead atoms. The molecule has 0 aromatic carbocycles. The van der Waals surface area contributed by atoms with Crippen LogP contribution in [-0.2, 0) is 13.0 Å². The summed E-state index contributed by atoms with van der Waals surface area (Å²) >= 11 is 1.80. The molecule has 0 spiro atoms. The van der Waals surface area contributed by atoms with Gasteiger partial charge >= 0.3 is 6.03 Å². The summed E-state index contributed by atoms with van der Waals surface area (Å²) in [5.74, 6) is 0.892. The van der Waals surface area contributed by atoms with E-state index in [1.165, 1.54) is 10.4 Å². The number of aromatic nitrogens is 1. The molecule has 3 heterocycles. The van der Waals surface area contributed by atoms with E-state index < -0.39 is 0 Å². The Labute approximate surface area is 147 Å². The maximum atomic E-state index is 12.7. The highest BCUT2D eigenvalue weighted by molar-refractivity contribution is 7.10. The van der Waals surface area contributed by atoms with Crippen LogP contribution in [0.5, 0.6) is 0 Å². The Morgan fingerprint density at radius 2 is 2.29 bits per heavy atom. The average molecular weight is 344 g/mol. The Bertz CT molecular complexity index is 713. The highest BCUT2D eigenvalue weighted by Crippen LogP contribution is 2.35. The second-order valence-electron chi connectivity index (χ2n) is 6.21. The lowest BCUT2D eigenvalue weighted by Crippen LogP contribution is -2.45. The van der Waals surface area contributed by atoms with Gasteiger partial charge in [-0.1, -0.05) is 13.0 Å². The minimum atomic E-state index is 0.00672. The van der Waals surface area contributed by atoms with Gasteiger partial charge in [-0.15, -0.1) is 11.3 Å². The van der Waals surface area contributed by atoms with Crippen LogP contribution in [0.4, 0.5) is 10.6 Å². The Kier molecular flexibility index (Phi) is 5.04. The number of nitrogens with zero attached hydrogens (tertiary/aromatic N) is 3. The van der Waals surface area contributed by atoms with Crippen LogP contribution in [0.25, 0.3) is 0 Å². The first-order chi connectivity index (χ1) is 11.6. The van der Waals surface area contributed by atoms with E-state index in [0.717, 1.165) is 30.8 Å². The Morgan fingerprint density at radius 1 is 1.46 bits per heavy atom. The molecule has 0 unspecified atom stereocenters. The van der Waals surface area contributed by atoms with E-state index >= 15 is 0 Å². The summed E-state index contributed by atoms with van der Waals surface area (Å²) in [5, 5.41) is 5.21. The van der Waals surface area contributed by atoms with Gasteiger partial charge in [-0.2, -0.15) is 0 Å². The number of hydrogen-bond acceptors (Lipinski definition) is 4. The number of rotatable bonds is 4. The summed E-state index contributed by atoms with van der Waals surface area (Å²) in [5.41, 5.74) is 2.34. The summed E-state index contributed by atoms with van der Waals surface area (Å²) in [4.78, 5) is 22.5. The van der Waals surface area contributed by atoms with Crippen molar-refractivity contribution in [1.29, 1.82) is 0 Å². The first kappa shape index (κ1) is 16.8. The predicted molar refractivity (Wildman–Crippen MR) is 98.6 cm³/mol. The van der Waals surface area contributed by atoms with E-state index in [1.54, 1.807) is 17.5 Å². The molecule has 24 heavy (non-hydrogen) atoms. The smallest absolute Gasteiger partial charge is 0.318 e. The molecule has 0 saturated heterocycles. The maximum absolute atomic E-state index is 12.7. The quantitative estimate of drug-likeness (QED) is 0.924. The number of thiophene rings is 1. The number of nitrogens with one attached hydrogen (secondary N) is 1. The van der Waals surface area contributed by atoms with Crippen LogP contribution in [0.15, 0.2) is 29.8 Å². The first-order valence-corrected chi connectivity index (χ1v) is 9.21. The number of anilines is 1. The maximum Gasteiger partial charge on any atom is 0.318 e. The number of carbonyl (C=O) groups excluding carboxylic acids is 1. The van der Waals surface area contributed by atoms with Gasteiger partial charge in [0.25, 0.3) is 0 Å². The molecule has 6 heteroatoms. The highest BCUT2D eigenvalue weighted by Gasteiger charge is 2.30. The van der Waals surface area contributed by atoms with Gasteiger partial charge in [0.05, 0.1) is 6.04 Å². The molecule has 2 aromatic heterocycles. The van der Waals surface area contributed by atoms with E-state index in [2.05, 4.69) is 28.7 Å². The van der Waals surface area contributed by atoms with Crippen LogP contribution in [-0.4, -0.2) is 36.6 Å². The van der Waals surface area contributed by atoms with Crippen LogP contribution in [0.2, 0.25) is 0 Å². The van der Waals surface area contributed by atoms with Gasteiger partial charge in [0, 0.05) is 43.8 Å². The molecular weight excluding hydrogens is 320 g/mol. The number of amides is 2. The molecule has 0 aliphatic carbocycles. The lowest BCUT2D eigenvalue weighted by atomic mass is 9.98. The van der Waals surface area contributed by atoms with E-state index in [9.17, 15) is 4.79 Å². The zero-order chi connectivity index (χ0) is 17.1. The monoisotopic (exact) mass is 344 g/mol. The van der Waals surface area contributed by atoms with Gasteiger partial charge < -0.3 is 15.1 Å². The van der Waals surface area contributed by atoms with Crippen molar-refractivity contribution in [2.75, 3.05) is 25.5 Å². The number of carbonyl (C=O) groups is 1. The van der Waals surface area contributed by atoms with Crippen molar-refractivity contribution < 1.29 is 4.79 Å². The molecule has 5 nitrogen and oxygen atoms in total. The Morgan fingerprint density at radius 3 is 3.04 bits per heavy atom. The summed E-state index contributed by atoms with van der Waals surface area (Å²) in [6.45, 7) is 3.41. The molecule has 2 aromatic rings. The molecule has 1 aliphatic heterocycles. The van der Waals surface area contributed by atoms with Crippen LogP contribution in [0.1, 0.15) is 35.4 Å². The Balaban J connectivity index is 1.70. The first-order valence-electron chi connectivity index (χ1n) is 8.33. The molecule has 0 fully saturated rings. The molecule has 0 saturated carbocycles. The molecule has 1 aliphatic rings. The topological polar surface area (TPSA) is 48.5 Å². The molecule has 1 N–H and O–H groups in total. The van der Waals surface area contributed by atoms with Crippen molar-refractivity contribution in [1.82, 2.24) is 15.2 Å². The van der Waals surface area contributed by atoms with Gasteiger partial charge in [0.2, 0.25) is 0 Å². The van der Waals surface area contributed by atoms with E-state index in [1.807, 2.05) is 36.0 Å². The van der Waals surface area contributed by atoms with Crippen LogP contribution in [0.3, 0.4) is 0 Å². The van der Waals surface area contributed by atoms with Crippen molar-refractivity contribution in [3.63, 3.8) is 0 Å². The fourth-order valence-electron chi connectivity index (χ4n) is 3.32. The number of fused-ring (bicyclic) bond motifs is 1. The van der Waals surface area contributed by atoms with E-state index in [4.69, 9.17) is 0 Å². The SMILES string of the molecule is CC[C@H]1c2ccsc2CCN1C(=O)NCc1cccnc1N(C)C. The van der Waals surface area contributed by atoms with Gasteiger partial charge in [-0.3, -0.25) is 0 Å².